The molecule has 0 bridgehead atoms. The van der Waals surface area contributed by atoms with Gasteiger partial charge in [0.25, 0.3) is 5.91 Å². The van der Waals surface area contributed by atoms with E-state index in [2.05, 4.69) is 12.2 Å². The second kappa shape index (κ2) is 6.86. The second-order valence-corrected chi connectivity index (χ2v) is 7.08. The first-order valence-electron chi connectivity index (χ1n) is 8.91. The van der Waals surface area contributed by atoms with Gasteiger partial charge in [0, 0.05) is 18.7 Å². The number of rotatable bonds is 3. The SMILES string of the molecule is CCc1ccc(C(=O)N2CCN3C(=O)[C@H](C(C)C)NC(=O)[C@H]3C2)cc1. The second-order valence-electron chi connectivity index (χ2n) is 7.08. The van der Waals surface area contributed by atoms with Gasteiger partial charge in [-0.15, -0.1) is 0 Å². The minimum atomic E-state index is -0.588. The molecule has 0 saturated carbocycles. The van der Waals surface area contributed by atoms with E-state index in [-0.39, 0.29) is 30.2 Å². The van der Waals surface area contributed by atoms with Gasteiger partial charge in [-0.2, -0.15) is 0 Å². The van der Waals surface area contributed by atoms with Crippen molar-refractivity contribution in [3.63, 3.8) is 0 Å². The van der Waals surface area contributed by atoms with E-state index >= 15 is 0 Å². The molecule has 3 amide bonds. The fourth-order valence-corrected chi connectivity index (χ4v) is 3.46. The number of amides is 3. The number of carbonyl (C=O) groups excluding carboxylic acids is 3. The van der Waals surface area contributed by atoms with E-state index in [1.165, 1.54) is 5.56 Å². The van der Waals surface area contributed by atoms with E-state index in [9.17, 15) is 14.4 Å². The maximum atomic E-state index is 12.7. The van der Waals surface area contributed by atoms with Gasteiger partial charge in [0.1, 0.15) is 12.1 Å². The van der Waals surface area contributed by atoms with Crippen molar-refractivity contribution in [2.75, 3.05) is 19.6 Å². The number of nitrogens with one attached hydrogen (secondary N) is 1. The van der Waals surface area contributed by atoms with Crippen molar-refractivity contribution in [3.05, 3.63) is 35.4 Å². The molecule has 6 heteroatoms. The molecule has 2 atom stereocenters. The zero-order valence-corrected chi connectivity index (χ0v) is 15.0. The Morgan fingerprint density at radius 3 is 2.48 bits per heavy atom. The van der Waals surface area contributed by atoms with Crippen LogP contribution in [0.5, 0.6) is 0 Å². The van der Waals surface area contributed by atoms with E-state index in [4.69, 9.17) is 0 Å². The van der Waals surface area contributed by atoms with Crippen LogP contribution in [0.15, 0.2) is 24.3 Å². The lowest BCUT2D eigenvalue weighted by Crippen LogP contribution is -2.70. The third-order valence-electron chi connectivity index (χ3n) is 5.09. The maximum absolute atomic E-state index is 12.7. The van der Waals surface area contributed by atoms with Crippen LogP contribution < -0.4 is 5.32 Å². The van der Waals surface area contributed by atoms with Crippen molar-refractivity contribution in [1.82, 2.24) is 15.1 Å². The normalized spacial score (nSPS) is 23.5. The number of hydrogen-bond acceptors (Lipinski definition) is 3. The van der Waals surface area contributed by atoms with Crippen LogP contribution in [0.4, 0.5) is 0 Å². The first-order chi connectivity index (χ1) is 11.9. The molecule has 2 aliphatic heterocycles. The lowest BCUT2D eigenvalue weighted by Gasteiger charge is -2.46. The number of fused-ring (bicyclic) bond motifs is 1. The fourth-order valence-electron chi connectivity index (χ4n) is 3.46. The summed E-state index contributed by atoms with van der Waals surface area (Å²) in [5, 5.41) is 2.81. The zero-order valence-electron chi connectivity index (χ0n) is 15.0. The molecule has 1 aromatic carbocycles. The van der Waals surface area contributed by atoms with Crippen LogP contribution in [0.3, 0.4) is 0 Å². The van der Waals surface area contributed by atoms with Gasteiger partial charge in [0.05, 0.1) is 6.54 Å². The molecule has 1 N–H and O–H groups in total. The Bertz CT molecular complexity index is 684. The predicted molar refractivity (Wildman–Crippen MR) is 94.0 cm³/mol. The molecule has 0 radical (unpaired) electrons. The molecule has 2 heterocycles. The van der Waals surface area contributed by atoms with Gasteiger partial charge in [0.15, 0.2) is 0 Å². The maximum Gasteiger partial charge on any atom is 0.253 e. The summed E-state index contributed by atoms with van der Waals surface area (Å²) < 4.78 is 0. The molecule has 25 heavy (non-hydrogen) atoms. The lowest BCUT2D eigenvalue weighted by molar-refractivity contribution is -0.153. The highest BCUT2D eigenvalue weighted by Gasteiger charge is 2.45. The first-order valence-corrected chi connectivity index (χ1v) is 8.91. The van der Waals surface area contributed by atoms with Crippen LogP contribution in [0.1, 0.15) is 36.7 Å². The highest BCUT2D eigenvalue weighted by Crippen LogP contribution is 2.21. The summed E-state index contributed by atoms with van der Waals surface area (Å²) in [4.78, 5) is 41.0. The monoisotopic (exact) mass is 343 g/mol. The van der Waals surface area contributed by atoms with Crippen molar-refractivity contribution >= 4 is 17.7 Å². The van der Waals surface area contributed by atoms with Crippen LogP contribution in [0.2, 0.25) is 0 Å². The van der Waals surface area contributed by atoms with Gasteiger partial charge in [-0.3, -0.25) is 14.4 Å². The summed E-state index contributed by atoms with van der Waals surface area (Å²) in [5.41, 5.74) is 1.80. The molecule has 2 saturated heterocycles. The number of benzene rings is 1. The number of piperazine rings is 2. The highest BCUT2D eigenvalue weighted by molar-refractivity contribution is 5.99. The van der Waals surface area contributed by atoms with Crippen molar-refractivity contribution in [2.24, 2.45) is 5.92 Å². The standard InChI is InChI=1S/C19H25N3O3/c1-4-13-5-7-14(8-6-13)18(24)21-9-10-22-15(11-21)17(23)20-16(12(2)3)19(22)25/h5-8,12,15-16H,4,9-11H2,1-3H3,(H,20,23)/t15-,16+/m1/s1. The molecule has 134 valence electrons. The molecular weight excluding hydrogens is 318 g/mol. The Morgan fingerprint density at radius 1 is 1.20 bits per heavy atom. The topological polar surface area (TPSA) is 69.7 Å². The van der Waals surface area contributed by atoms with Crippen molar-refractivity contribution in [1.29, 1.82) is 0 Å². The number of hydrogen-bond donors (Lipinski definition) is 1. The summed E-state index contributed by atoms with van der Waals surface area (Å²) in [6.07, 6.45) is 0.925. The van der Waals surface area contributed by atoms with Gasteiger partial charge in [-0.1, -0.05) is 32.9 Å². The van der Waals surface area contributed by atoms with Gasteiger partial charge in [-0.05, 0) is 30.0 Å². The van der Waals surface area contributed by atoms with E-state index in [0.717, 1.165) is 6.42 Å². The summed E-state index contributed by atoms with van der Waals surface area (Å²) in [6, 6.07) is 6.51. The molecule has 2 fully saturated rings. The number of nitrogens with zero attached hydrogens (tertiary/aromatic N) is 2. The smallest absolute Gasteiger partial charge is 0.253 e. The van der Waals surface area contributed by atoms with Crippen LogP contribution in [0, 0.1) is 5.92 Å². The van der Waals surface area contributed by atoms with Gasteiger partial charge < -0.3 is 15.1 Å². The average molecular weight is 343 g/mol. The Kier molecular flexibility index (Phi) is 4.79. The number of aryl methyl sites for hydroxylation is 1. The lowest BCUT2D eigenvalue weighted by atomic mass is 9.96. The van der Waals surface area contributed by atoms with Gasteiger partial charge in [-0.25, -0.2) is 0 Å². The zero-order chi connectivity index (χ0) is 18.1. The fraction of sp³-hybridized carbons (Fsp3) is 0.526. The Labute approximate surface area is 148 Å². The summed E-state index contributed by atoms with van der Waals surface area (Å²) in [7, 11) is 0. The minimum Gasteiger partial charge on any atom is -0.342 e. The third kappa shape index (κ3) is 3.25. The van der Waals surface area contributed by atoms with Crippen molar-refractivity contribution in [2.45, 2.75) is 39.3 Å². The number of carbonyl (C=O) groups is 3. The largest absolute Gasteiger partial charge is 0.342 e. The Hall–Kier alpha value is -2.37. The summed E-state index contributed by atoms with van der Waals surface area (Å²) in [5.74, 6) is -0.251. The average Bonchev–Trinajstić information content (AvgIpc) is 2.63. The minimum absolute atomic E-state index is 0.0426. The molecule has 0 unspecified atom stereocenters. The Morgan fingerprint density at radius 2 is 1.88 bits per heavy atom. The predicted octanol–water partition coefficient (Wildman–Crippen LogP) is 1.06. The van der Waals surface area contributed by atoms with Crippen molar-refractivity contribution < 1.29 is 14.4 Å². The van der Waals surface area contributed by atoms with Crippen molar-refractivity contribution in [3.8, 4) is 0 Å². The van der Waals surface area contributed by atoms with Gasteiger partial charge >= 0.3 is 0 Å². The molecule has 2 aliphatic rings. The Balaban J connectivity index is 1.73. The quantitative estimate of drug-likeness (QED) is 0.892. The van der Waals surface area contributed by atoms with Crippen LogP contribution in [-0.4, -0.2) is 59.2 Å². The highest BCUT2D eigenvalue weighted by atomic mass is 16.2. The molecule has 1 aromatic rings. The molecule has 6 nitrogen and oxygen atoms in total. The van der Waals surface area contributed by atoms with E-state index in [0.29, 0.717) is 18.7 Å². The first kappa shape index (κ1) is 17.5. The van der Waals surface area contributed by atoms with Crippen LogP contribution in [0.25, 0.3) is 0 Å². The third-order valence-corrected chi connectivity index (χ3v) is 5.09. The summed E-state index contributed by atoms with van der Waals surface area (Å²) in [6.45, 7) is 7.01. The van der Waals surface area contributed by atoms with Crippen LogP contribution in [-0.2, 0) is 16.0 Å². The molecule has 0 spiro atoms. The molecule has 0 aromatic heterocycles. The molecule has 3 rings (SSSR count). The molecular formula is C19H25N3O3. The molecule has 0 aliphatic carbocycles. The summed E-state index contributed by atoms with van der Waals surface area (Å²) >= 11 is 0. The van der Waals surface area contributed by atoms with E-state index in [1.54, 1.807) is 9.80 Å². The van der Waals surface area contributed by atoms with E-state index < -0.39 is 12.1 Å². The van der Waals surface area contributed by atoms with E-state index in [1.807, 2.05) is 38.1 Å². The van der Waals surface area contributed by atoms with Gasteiger partial charge in [0.2, 0.25) is 11.8 Å². The van der Waals surface area contributed by atoms with Crippen LogP contribution >= 0.6 is 0 Å².